The average Bonchev–Trinajstić information content (AvgIpc) is 2.41. The van der Waals surface area contributed by atoms with Gasteiger partial charge in [0.25, 0.3) is 5.88 Å². The van der Waals surface area contributed by atoms with Crippen LogP contribution < -0.4 is 14.8 Å². The lowest BCUT2D eigenvalue weighted by Gasteiger charge is -2.12. The molecule has 2 atom stereocenters. The molecule has 15 heavy (non-hydrogen) atoms. The van der Waals surface area contributed by atoms with Gasteiger partial charge in [0.05, 0.1) is 0 Å². The van der Waals surface area contributed by atoms with Crippen molar-refractivity contribution >= 4 is 7.82 Å². The van der Waals surface area contributed by atoms with Gasteiger partial charge in [-0.05, 0) is 0 Å². The Kier molecular flexibility index (Phi) is 1.61. The van der Waals surface area contributed by atoms with Crippen molar-refractivity contribution in [3.05, 3.63) is 11.5 Å². The number of aliphatic hydroxyl groups excluding tert-OH is 1. The van der Waals surface area contributed by atoms with Gasteiger partial charge >= 0.3 is 7.82 Å². The van der Waals surface area contributed by atoms with Crippen molar-refractivity contribution in [2.75, 3.05) is 0 Å². The van der Waals surface area contributed by atoms with Gasteiger partial charge in [-0.25, -0.2) is 9.55 Å². The molecule has 0 radical (unpaired) electrons. The van der Waals surface area contributed by atoms with Gasteiger partial charge in [-0.2, -0.15) is 4.98 Å². The number of nitrogens with zero attached hydrogens (tertiary/aromatic N) is 2. The van der Waals surface area contributed by atoms with Crippen LogP contribution in [-0.4, -0.2) is 15.1 Å². The highest BCUT2D eigenvalue weighted by Crippen LogP contribution is 2.61. The summed E-state index contributed by atoms with van der Waals surface area (Å²) in [5.41, 5.74) is 5.32. The van der Waals surface area contributed by atoms with Gasteiger partial charge in [-0.1, -0.05) is 0 Å². The lowest BCUT2D eigenvalue weighted by molar-refractivity contribution is 0.172. The van der Waals surface area contributed by atoms with E-state index in [9.17, 15) is 9.67 Å². The molecule has 2 aliphatic heterocycles. The Hall–Kier alpha value is -1.21. The zero-order valence-electron chi connectivity index (χ0n) is 7.28. The molecule has 0 amide bonds. The molecule has 3 heterocycles. The van der Waals surface area contributed by atoms with Crippen LogP contribution in [0.2, 0.25) is 0 Å². The molecular weight excluding hydrogens is 225 g/mol. The van der Waals surface area contributed by atoms with E-state index in [2.05, 4.69) is 9.97 Å². The van der Waals surface area contributed by atoms with Crippen LogP contribution in [0.1, 0.15) is 17.7 Å². The first kappa shape index (κ1) is 9.05. The Balaban J connectivity index is 2.26. The molecule has 1 aromatic heterocycles. The molecule has 3 bridgehead atoms. The molecule has 0 spiro atoms. The Labute approximate surface area is 83.6 Å². The van der Waals surface area contributed by atoms with Crippen molar-refractivity contribution < 1.29 is 23.2 Å². The molecule has 0 saturated heterocycles. The van der Waals surface area contributed by atoms with Crippen molar-refractivity contribution in [1.82, 2.24) is 9.97 Å². The minimum atomic E-state index is -3.62. The third-order valence-corrected chi connectivity index (χ3v) is 3.19. The Morgan fingerprint density at radius 2 is 2.27 bits per heavy atom. The summed E-state index contributed by atoms with van der Waals surface area (Å²) < 4.78 is 26.3. The molecule has 3 N–H and O–H groups in total. The number of nitrogens with two attached hydrogens (primary N) is 1. The summed E-state index contributed by atoms with van der Waals surface area (Å²) in [5.74, 6) is 0.228. The van der Waals surface area contributed by atoms with Crippen molar-refractivity contribution in [2.45, 2.75) is 12.8 Å². The lowest BCUT2D eigenvalue weighted by Crippen LogP contribution is -2.14. The van der Waals surface area contributed by atoms with Gasteiger partial charge < -0.3 is 19.9 Å². The molecule has 2 aliphatic rings. The molecule has 8 nitrogen and oxygen atoms in total. The minimum absolute atomic E-state index is 0.000309. The summed E-state index contributed by atoms with van der Waals surface area (Å²) >= 11 is 0. The fourth-order valence-corrected chi connectivity index (χ4v) is 2.48. The smallest absolute Gasteiger partial charge is 0.387 e. The van der Waals surface area contributed by atoms with Crippen LogP contribution >= 0.6 is 7.82 Å². The van der Waals surface area contributed by atoms with E-state index >= 15 is 0 Å². The molecule has 0 fully saturated rings. The van der Waals surface area contributed by atoms with E-state index in [0.717, 1.165) is 0 Å². The molecule has 0 aromatic carbocycles. The van der Waals surface area contributed by atoms with Crippen LogP contribution in [0, 0.1) is 0 Å². The van der Waals surface area contributed by atoms with E-state index in [-0.39, 0.29) is 29.8 Å². The maximum atomic E-state index is 11.7. The first-order chi connectivity index (χ1) is 7.07. The second kappa shape index (κ2) is 2.67. The Morgan fingerprint density at radius 1 is 1.47 bits per heavy atom. The molecule has 9 heteroatoms. The van der Waals surface area contributed by atoms with Gasteiger partial charge in [0.2, 0.25) is 5.75 Å². The third-order valence-electron chi connectivity index (χ3n) is 1.94. The van der Waals surface area contributed by atoms with E-state index in [4.69, 9.17) is 19.3 Å². The first-order valence-corrected chi connectivity index (χ1v) is 5.52. The number of phosphoric acid groups is 1. The summed E-state index contributed by atoms with van der Waals surface area (Å²) in [7, 11) is -3.62. The summed E-state index contributed by atoms with van der Waals surface area (Å²) in [6.45, 7) is -0.107. The van der Waals surface area contributed by atoms with Crippen molar-refractivity contribution in [2.24, 2.45) is 5.73 Å². The highest BCUT2D eigenvalue weighted by molar-refractivity contribution is 7.49. The Morgan fingerprint density at radius 3 is 3.00 bits per heavy atom. The molecule has 3 rings (SSSR count). The first-order valence-electron chi connectivity index (χ1n) is 4.06. The van der Waals surface area contributed by atoms with E-state index in [1.165, 1.54) is 0 Å². The lowest BCUT2D eigenvalue weighted by atomic mass is 10.3. The maximum Gasteiger partial charge on any atom is 0.589 e. The standard InChI is InChI=1S/C6H6N3O5P/c7-5(10)3-4-6-9-2(8-3)1-12-15(11,13-4)14-6/h5,10H,1,7H2. The summed E-state index contributed by atoms with van der Waals surface area (Å²) in [5, 5.41) is 9.23. The summed E-state index contributed by atoms with van der Waals surface area (Å²) in [6.07, 6.45) is -1.34. The summed E-state index contributed by atoms with van der Waals surface area (Å²) in [4.78, 5) is 7.77. The zero-order chi connectivity index (χ0) is 10.6. The number of aromatic nitrogens is 2. The van der Waals surface area contributed by atoms with Crippen molar-refractivity contribution in [1.29, 1.82) is 0 Å². The predicted octanol–water partition coefficient (Wildman–Crippen LogP) is -0.164. The second-order valence-electron chi connectivity index (χ2n) is 3.01. The maximum absolute atomic E-state index is 11.7. The molecule has 2 unspecified atom stereocenters. The number of phosphoric ester groups is 1. The monoisotopic (exact) mass is 231 g/mol. The Bertz CT molecular complexity index is 490. The van der Waals surface area contributed by atoms with Crippen LogP contribution in [-0.2, 0) is 15.7 Å². The minimum Gasteiger partial charge on any atom is -0.387 e. The van der Waals surface area contributed by atoms with Crippen molar-refractivity contribution in [3.8, 4) is 11.6 Å². The van der Waals surface area contributed by atoms with E-state index in [0.29, 0.717) is 0 Å². The number of rotatable bonds is 1. The molecule has 0 saturated carbocycles. The van der Waals surface area contributed by atoms with Crippen LogP contribution in [0.25, 0.3) is 0 Å². The number of hydrogen-bond donors (Lipinski definition) is 2. The fourth-order valence-electron chi connectivity index (χ4n) is 1.33. The van der Waals surface area contributed by atoms with E-state index in [1.54, 1.807) is 0 Å². The van der Waals surface area contributed by atoms with Gasteiger partial charge in [0.1, 0.15) is 18.5 Å². The predicted molar refractivity (Wildman–Crippen MR) is 44.8 cm³/mol. The highest BCUT2D eigenvalue weighted by Gasteiger charge is 2.45. The fraction of sp³-hybridized carbons (Fsp3) is 0.333. The van der Waals surface area contributed by atoms with E-state index < -0.39 is 14.1 Å². The highest BCUT2D eigenvalue weighted by atomic mass is 31.2. The summed E-state index contributed by atoms with van der Waals surface area (Å²) in [6, 6.07) is 0. The van der Waals surface area contributed by atoms with Gasteiger partial charge in [-0.15, -0.1) is 0 Å². The van der Waals surface area contributed by atoms with Crippen LogP contribution in [0.4, 0.5) is 0 Å². The van der Waals surface area contributed by atoms with Crippen LogP contribution in [0.5, 0.6) is 11.6 Å². The number of fused-ring (bicyclic) bond motifs is 2. The average molecular weight is 231 g/mol. The molecule has 1 aromatic rings. The van der Waals surface area contributed by atoms with Crippen LogP contribution in [0.15, 0.2) is 0 Å². The SMILES string of the molecule is NC(O)c1nc2nc3c1OP(=O)(OC2)O3. The number of hydrogen-bond acceptors (Lipinski definition) is 8. The van der Waals surface area contributed by atoms with Crippen LogP contribution in [0.3, 0.4) is 0 Å². The van der Waals surface area contributed by atoms with Gasteiger partial charge in [-0.3, -0.25) is 4.52 Å². The molecular formula is C6H6N3O5P. The molecule has 80 valence electrons. The quantitative estimate of drug-likeness (QED) is 0.505. The molecule has 0 aliphatic carbocycles. The van der Waals surface area contributed by atoms with Gasteiger partial charge in [0.15, 0.2) is 5.82 Å². The van der Waals surface area contributed by atoms with Crippen molar-refractivity contribution in [3.63, 3.8) is 0 Å². The van der Waals surface area contributed by atoms with Gasteiger partial charge in [0, 0.05) is 0 Å². The normalized spacial score (nSPS) is 28.1. The third kappa shape index (κ3) is 1.23. The topological polar surface area (TPSA) is 117 Å². The largest absolute Gasteiger partial charge is 0.589 e. The number of aliphatic hydroxyl groups is 1. The zero-order valence-corrected chi connectivity index (χ0v) is 8.18. The second-order valence-corrected chi connectivity index (χ2v) is 4.53. The van der Waals surface area contributed by atoms with E-state index in [1.807, 2.05) is 0 Å².